The van der Waals surface area contributed by atoms with Crippen LogP contribution < -0.4 is 16.4 Å². The maximum Gasteiger partial charge on any atom is 0.316 e. The maximum absolute atomic E-state index is 12.7. The first kappa shape index (κ1) is 19.9. The summed E-state index contributed by atoms with van der Waals surface area (Å²) in [5.74, 6) is -0.186. The SMILES string of the molecule is Cc1ccc(NC(=O)c2cccc(CN3CCN(C)CC3)c2)cc1NC(N)=O. The highest BCUT2D eigenvalue weighted by Gasteiger charge is 2.15. The normalized spacial score (nSPS) is 15.2. The lowest BCUT2D eigenvalue weighted by molar-refractivity contribution is 0.102. The van der Waals surface area contributed by atoms with Crippen LogP contribution in [0, 0.1) is 6.92 Å². The van der Waals surface area contributed by atoms with Crippen LogP contribution in [0.4, 0.5) is 16.2 Å². The van der Waals surface area contributed by atoms with Crippen molar-refractivity contribution in [1.29, 1.82) is 0 Å². The summed E-state index contributed by atoms with van der Waals surface area (Å²) in [4.78, 5) is 28.5. The molecule has 1 aliphatic heterocycles. The first-order chi connectivity index (χ1) is 13.4. The summed E-state index contributed by atoms with van der Waals surface area (Å²) in [6, 6.07) is 12.4. The van der Waals surface area contributed by atoms with Gasteiger partial charge >= 0.3 is 6.03 Å². The van der Waals surface area contributed by atoms with Gasteiger partial charge in [0.1, 0.15) is 0 Å². The van der Waals surface area contributed by atoms with E-state index >= 15 is 0 Å². The fraction of sp³-hybridized carbons (Fsp3) is 0.333. The van der Waals surface area contributed by atoms with Crippen molar-refractivity contribution >= 4 is 23.3 Å². The number of piperazine rings is 1. The van der Waals surface area contributed by atoms with Crippen LogP contribution in [-0.2, 0) is 6.54 Å². The van der Waals surface area contributed by atoms with E-state index < -0.39 is 6.03 Å². The first-order valence-corrected chi connectivity index (χ1v) is 9.39. The Morgan fingerprint density at radius 2 is 1.79 bits per heavy atom. The average Bonchev–Trinajstić information content (AvgIpc) is 2.66. The molecule has 148 valence electrons. The van der Waals surface area contributed by atoms with E-state index in [9.17, 15) is 9.59 Å². The van der Waals surface area contributed by atoms with Crippen LogP contribution >= 0.6 is 0 Å². The highest BCUT2D eigenvalue weighted by Crippen LogP contribution is 2.21. The molecule has 0 bridgehead atoms. The van der Waals surface area contributed by atoms with Gasteiger partial charge in [-0.25, -0.2) is 4.79 Å². The number of urea groups is 1. The van der Waals surface area contributed by atoms with Gasteiger partial charge in [-0.3, -0.25) is 9.69 Å². The zero-order chi connectivity index (χ0) is 20.1. The fourth-order valence-electron chi connectivity index (χ4n) is 3.25. The molecule has 2 aromatic rings. The second-order valence-corrected chi connectivity index (χ2v) is 7.25. The standard InChI is InChI=1S/C21H27N5O2/c1-15-6-7-18(13-19(15)24-21(22)28)23-20(27)17-5-3-4-16(12-17)14-26-10-8-25(2)9-11-26/h3-7,12-13H,8-11,14H2,1-2H3,(H,23,27)(H3,22,24,28). The predicted molar refractivity (Wildman–Crippen MR) is 112 cm³/mol. The van der Waals surface area contributed by atoms with Gasteiger partial charge in [0.05, 0.1) is 0 Å². The van der Waals surface area contributed by atoms with Crippen molar-refractivity contribution < 1.29 is 9.59 Å². The molecular formula is C21H27N5O2. The monoisotopic (exact) mass is 381 g/mol. The molecule has 0 unspecified atom stereocenters. The number of amides is 3. The first-order valence-electron chi connectivity index (χ1n) is 9.39. The van der Waals surface area contributed by atoms with Crippen molar-refractivity contribution in [3.05, 3.63) is 59.2 Å². The molecule has 3 amide bonds. The maximum atomic E-state index is 12.7. The Morgan fingerprint density at radius 1 is 1.04 bits per heavy atom. The third kappa shape index (κ3) is 5.31. The Kier molecular flexibility index (Phi) is 6.28. The zero-order valence-electron chi connectivity index (χ0n) is 16.4. The molecule has 4 N–H and O–H groups in total. The number of nitrogens with zero attached hydrogens (tertiary/aromatic N) is 2. The van der Waals surface area contributed by atoms with Gasteiger partial charge in [0.25, 0.3) is 5.91 Å². The molecule has 0 radical (unpaired) electrons. The van der Waals surface area contributed by atoms with Gasteiger partial charge in [0.2, 0.25) is 0 Å². The number of carbonyl (C=O) groups is 2. The molecule has 2 aromatic carbocycles. The Bertz CT molecular complexity index is 860. The van der Waals surface area contributed by atoms with E-state index in [1.165, 1.54) is 0 Å². The minimum atomic E-state index is -0.636. The highest BCUT2D eigenvalue weighted by atomic mass is 16.2. The summed E-state index contributed by atoms with van der Waals surface area (Å²) in [5, 5.41) is 5.45. The van der Waals surface area contributed by atoms with Gasteiger partial charge in [-0.15, -0.1) is 0 Å². The minimum Gasteiger partial charge on any atom is -0.351 e. The third-order valence-electron chi connectivity index (χ3n) is 4.94. The topological polar surface area (TPSA) is 90.7 Å². The van der Waals surface area contributed by atoms with Gasteiger partial charge in [-0.05, 0) is 49.4 Å². The second kappa shape index (κ2) is 8.86. The summed E-state index contributed by atoms with van der Waals surface area (Å²) in [7, 11) is 2.14. The lowest BCUT2D eigenvalue weighted by Crippen LogP contribution is -2.43. The predicted octanol–water partition coefficient (Wildman–Crippen LogP) is 2.49. The van der Waals surface area contributed by atoms with Crippen LogP contribution in [0.5, 0.6) is 0 Å². The molecule has 3 rings (SSSR count). The van der Waals surface area contributed by atoms with E-state index in [0.717, 1.165) is 43.9 Å². The highest BCUT2D eigenvalue weighted by molar-refractivity contribution is 6.04. The van der Waals surface area contributed by atoms with E-state index in [2.05, 4.69) is 33.5 Å². The van der Waals surface area contributed by atoms with Gasteiger partial charge in [0, 0.05) is 49.7 Å². The number of hydrogen-bond donors (Lipinski definition) is 3. The number of rotatable bonds is 5. The zero-order valence-corrected chi connectivity index (χ0v) is 16.4. The van der Waals surface area contributed by atoms with Crippen molar-refractivity contribution in [3.63, 3.8) is 0 Å². The van der Waals surface area contributed by atoms with E-state index in [1.54, 1.807) is 18.2 Å². The molecule has 0 aromatic heterocycles. The summed E-state index contributed by atoms with van der Waals surface area (Å²) in [6.07, 6.45) is 0. The van der Waals surface area contributed by atoms with Crippen LogP contribution in [-0.4, -0.2) is 55.0 Å². The molecule has 1 aliphatic rings. The molecule has 7 heteroatoms. The van der Waals surface area contributed by atoms with Crippen LogP contribution in [0.2, 0.25) is 0 Å². The number of benzene rings is 2. The number of anilines is 2. The number of hydrogen-bond acceptors (Lipinski definition) is 4. The van der Waals surface area contributed by atoms with Gasteiger partial charge in [-0.1, -0.05) is 18.2 Å². The molecule has 1 saturated heterocycles. The van der Waals surface area contributed by atoms with Crippen molar-refractivity contribution in [2.75, 3.05) is 43.9 Å². The number of nitrogens with one attached hydrogen (secondary N) is 2. The summed E-state index contributed by atoms with van der Waals surface area (Å²) in [6.45, 7) is 6.90. The summed E-state index contributed by atoms with van der Waals surface area (Å²) < 4.78 is 0. The number of nitrogens with two attached hydrogens (primary N) is 1. The van der Waals surface area contributed by atoms with Crippen LogP contribution in [0.25, 0.3) is 0 Å². The van der Waals surface area contributed by atoms with E-state index in [0.29, 0.717) is 16.9 Å². The number of aryl methyl sites for hydroxylation is 1. The largest absolute Gasteiger partial charge is 0.351 e. The van der Waals surface area contributed by atoms with E-state index in [4.69, 9.17) is 5.73 Å². The Balaban J connectivity index is 1.67. The molecule has 28 heavy (non-hydrogen) atoms. The van der Waals surface area contributed by atoms with Crippen molar-refractivity contribution in [2.24, 2.45) is 5.73 Å². The molecule has 1 fully saturated rings. The van der Waals surface area contributed by atoms with Crippen LogP contribution in [0.1, 0.15) is 21.5 Å². The molecule has 0 atom stereocenters. The Morgan fingerprint density at radius 3 is 2.50 bits per heavy atom. The molecular weight excluding hydrogens is 354 g/mol. The minimum absolute atomic E-state index is 0.186. The van der Waals surface area contributed by atoms with Crippen LogP contribution in [0.15, 0.2) is 42.5 Å². The molecule has 0 saturated carbocycles. The number of primary amides is 1. The second-order valence-electron chi connectivity index (χ2n) is 7.25. The van der Waals surface area contributed by atoms with Crippen molar-refractivity contribution in [2.45, 2.75) is 13.5 Å². The lowest BCUT2D eigenvalue weighted by atomic mass is 10.1. The fourth-order valence-corrected chi connectivity index (χ4v) is 3.25. The van der Waals surface area contributed by atoms with Gasteiger partial charge in [-0.2, -0.15) is 0 Å². The van der Waals surface area contributed by atoms with Gasteiger partial charge < -0.3 is 21.3 Å². The van der Waals surface area contributed by atoms with E-state index in [-0.39, 0.29) is 5.91 Å². The van der Waals surface area contributed by atoms with Crippen molar-refractivity contribution in [1.82, 2.24) is 9.80 Å². The average molecular weight is 381 g/mol. The van der Waals surface area contributed by atoms with Crippen LogP contribution in [0.3, 0.4) is 0 Å². The number of likely N-dealkylation sites (N-methyl/N-ethyl adjacent to an activating group) is 1. The quantitative estimate of drug-likeness (QED) is 0.742. The Labute approximate surface area is 165 Å². The van der Waals surface area contributed by atoms with E-state index in [1.807, 2.05) is 25.1 Å². The molecule has 0 aliphatic carbocycles. The molecule has 0 spiro atoms. The lowest BCUT2D eigenvalue weighted by Gasteiger charge is -2.32. The summed E-state index contributed by atoms with van der Waals surface area (Å²) in [5.41, 5.74) is 8.97. The summed E-state index contributed by atoms with van der Waals surface area (Å²) >= 11 is 0. The van der Waals surface area contributed by atoms with Crippen molar-refractivity contribution in [3.8, 4) is 0 Å². The van der Waals surface area contributed by atoms with Gasteiger partial charge in [0.15, 0.2) is 0 Å². The molecule has 1 heterocycles. The third-order valence-corrected chi connectivity index (χ3v) is 4.94. The smallest absolute Gasteiger partial charge is 0.316 e. The molecule has 7 nitrogen and oxygen atoms in total. The number of carbonyl (C=O) groups excluding carboxylic acids is 2. The Hall–Kier alpha value is -2.90.